The maximum absolute atomic E-state index is 6.38. The van der Waals surface area contributed by atoms with Crippen molar-refractivity contribution >= 4 is 39.8 Å². The predicted molar refractivity (Wildman–Crippen MR) is 97.5 cm³/mol. The van der Waals surface area contributed by atoms with Crippen molar-refractivity contribution in [2.24, 2.45) is 0 Å². The van der Waals surface area contributed by atoms with Crippen LogP contribution < -0.4 is 0 Å². The second-order valence-corrected chi connectivity index (χ2v) is 17.0. The van der Waals surface area contributed by atoms with Crippen LogP contribution in [0.25, 0.3) is 0 Å². The highest BCUT2D eigenvalue weighted by atomic mass is 35.5. The van der Waals surface area contributed by atoms with Gasteiger partial charge in [-0.05, 0) is 58.3 Å². The van der Waals surface area contributed by atoms with Crippen molar-refractivity contribution in [1.82, 2.24) is 0 Å². The number of hydrogen-bond acceptors (Lipinski definition) is 2. The summed E-state index contributed by atoms with van der Waals surface area (Å²) < 4.78 is 12.6. The zero-order chi connectivity index (χ0) is 16.4. The average molecular weight is 365 g/mol. The summed E-state index contributed by atoms with van der Waals surface area (Å²) in [7, 11) is -3.39. The molecule has 0 aliphatic rings. The zero-order valence-corrected chi connectivity index (χ0v) is 17.5. The second kappa shape index (κ2) is 7.15. The highest BCUT2D eigenvalue weighted by molar-refractivity contribution is 6.70. The molecule has 0 fully saturated rings. The topological polar surface area (TPSA) is 18.5 Å². The Bertz CT molecular complexity index is 482. The summed E-state index contributed by atoms with van der Waals surface area (Å²) in [5.74, 6) is 0. The first-order chi connectivity index (χ1) is 9.39. The van der Waals surface area contributed by atoms with Crippen LogP contribution in [0.1, 0.15) is 18.6 Å². The van der Waals surface area contributed by atoms with Crippen molar-refractivity contribution in [2.75, 3.05) is 0 Å². The minimum Gasteiger partial charge on any atom is -0.412 e. The summed E-state index contributed by atoms with van der Waals surface area (Å²) in [5.41, 5.74) is 0.953. The number of hydrogen-bond donors (Lipinski definition) is 0. The molecule has 21 heavy (non-hydrogen) atoms. The van der Waals surface area contributed by atoms with Gasteiger partial charge in [-0.1, -0.05) is 29.3 Å². The molecule has 120 valence electrons. The van der Waals surface area contributed by atoms with Gasteiger partial charge in [0.05, 0.1) is 12.2 Å². The maximum Gasteiger partial charge on any atom is 0.184 e. The maximum atomic E-state index is 6.38. The average Bonchev–Trinajstić information content (AvgIpc) is 2.22. The Hall–Kier alpha value is 0.154. The van der Waals surface area contributed by atoms with Gasteiger partial charge in [-0.3, -0.25) is 0 Å². The Kier molecular flexibility index (Phi) is 6.54. The third-order valence-corrected chi connectivity index (χ3v) is 5.32. The van der Waals surface area contributed by atoms with E-state index in [9.17, 15) is 0 Å². The summed E-state index contributed by atoms with van der Waals surface area (Å²) in [6, 6.07) is 5.56. The fraction of sp³-hybridized carbons (Fsp3) is 0.600. The van der Waals surface area contributed by atoms with Gasteiger partial charge in [-0.25, -0.2) is 0 Å². The van der Waals surface area contributed by atoms with Crippen LogP contribution >= 0.6 is 23.2 Å². The van der Waals surface area contributed by atoms with Gasteiger partial charge in [0.1, 0.15) is 0 Å². The molecule has 0 saturated heterocycles. The lowest BCUT2D eigenvalue weighted by molar-refractivity contribution is 0.0550. The highest BCUT2D eigenvalue weighted by Crippen LogP contribution is 2.34. The molecule has 2 unspecified atom stereocenters. The molecule has 0 aliphatic heterocycles. The normalized spacial score (nSPS) is 15.9. The van der Waals surface area contributed by atoms with E-state index in [4.69, 9.17) is 32.1 Å². The van der Waals surface area contributed by atoms with E-state index in [2.05, 4.69) is 46.2 Å². The molecule has 2 nitrogen and oxygen atoms in total. The first-order valence-corrected chi connectivity index (χ1v) is 14.8. The summed E-state index contributed by atoms with van der Waals surface area (Å²) in [4.78, 5) is 0. The summed E-state index contributed by atoms with van der Waals surface area (Å²) in [5, 5.41) is 1.27. The standard InChI is InChI=1S/C15H26Cl2O2Si2/c1-11(18-20(2,3)4)15(19-21(5,6)7)13-9-8-12(16)10-14(13)17/h8-11,15H,1-7H3. The van der Waals surface area contributed by atoms with Gasteiger partial charge >= 0.3 is 0 Å². The Morgan fingerprint density at radius 1 is 0.905 bits per heavy atom. The highest BCUT2D eigenvalue weighted by Gasteiger charge is 2.31. The van der Waals surface area contributed by atoms with Crippen LogP contribution in [0, 0.1) is 0 Å². The van der Waals surface area contributed by atoms with Gasteiger partial charge in [0, 0.05) is 15.6 Å². The molecule has 0 heterocycles. The number of halogens is 2. The molecular weight excluding hydrogens is 339 g/mol. The molecule has 0 amide bonds. The summed E-state index contributed by atoms with van der Waals surface area (Å²) >= 11 is 12.4. The fourth-order valence-corrected chi connectivity index (χ4v) is 4.98. The van der Waals surface area contributed by atoms with Gasteiger partial charge in [0.2, 0.25) is 0 Å². The monoisotopic (exact) mass is 364 g/mol. The predicted octanol–water partition coefficient (Wildman–Crippen LogP) is 6.13. The Labute approximate surface area is 141 Å². The second-order valence-electron chi connectivity index (χ2n) is 7.25. The molecule has 2 atom stereocenters. The molecule has 1 rings (SSSR count). The third kappa shape index (κ3) is 6.84. The van der Waals surface area contributed by atoms with Crippen molar-refractivity contribution in [3.8, 4) is 0 Å². The van der Waals surface area contributed by atoms with E-state index in [1.807, 2.05) is 12.1 Å². The minimum absolute atomic E-state index is 0.0398. The van der Waals surface area contributed by atoms with Gasteiger partial charge < -0.3 is 8.85 Å². The van der Waals surface area contributed by atoms with Crippen LogP contribution in [-0.4, -0.2) is 22.7 Å². The van der Waals surface area contributed by atoms with Crippen LogP contribution in [-0.2, 0) is 8.85 Å². The Morgan fingerprint density at radius 3 is 1.86 bits per heavy atom. The van der Waals surface area contributed by atoms with Crippen molar-refractivity contribution < 1.29 is 8.85 Å². The lowest BCUT2D eigenvalue weighted by Gasteiger charge is -2.35. The van der Waals surface area contributed by atoms with Gasteiger partial charge in [-0.15, -0.1) is 0 Å². The summed E-state index contributed by atoms with van der Waals surface area (Å²) in [6.07, 6.45) is -0.199. The largest absolute Gasteiger partial charge is 0.412 e. The fourth-order valence-electron chi connectivity index (χ4n) is 2.14. The molecule has 6 heteroatoms. The molecular formula is C15H26Cl2O2Si2. The van der Waals surface area contributed by atoms with Crippen LogP contribution in [0.15, 0.2) is 18.2 Å². The SMILES string of the molecule is CC(O[Si](C)(C)C)C(O[Si](C)(C)C)c1ccc(Cl)cc1Cl. The quantitative estimate of drug-likeness (QED) is 0.565. The molecule has 0 N–H and O–H groups in total. The molecule has 0 aromatic heterocycles. The smallest absolute Gasteiger partial charge is 0.184 e. The molecule has 1 aromatic carbocycles. The van der Waals surface area contributed by atoms with Crippen LogP contribution in [0.4, 0.5) is 0 Å². The van der Waals surface area contributed by atoms with Gasteiger partial charge in [-0.2, -0.15) is 0 Å². The molecule has 0 aliphatic carbocycles. The van der Waals surface area contributed by atoms with E-state index < -0.39 is 16.6 Å². The molecule has 0 saturated carbocycles. The van der Waals surface area contributed by atoms with Gasteiger partial charge in [0.25, 0.3) is 0 Å². The van der Waals surface area contributed by atoms with E-state index in [1.54, 1.807) is 6.07 Å². The third-order valence-electron chi connectivity index (χ3n) is 2.72. The number of benzene rings is 1. The van der Waals surface area contributed by atoms with E-state index in [0.29, 0.717) is 10.0 Å². The van der Waals surface area contributed by atoms with Crippen molar-refractivity contribution in [2.45, 2.75) is 58.4 Å². The van der Waals surface area contributed by atoms with Crippen molar-refractivity contribution in [3.63, 3.8) is 0 Å². The Morgan fingerprint density at radius 2 is 1.43 bits per heavy atom. The lowest BCUT2D eigenvalue weighted by atomic mass is 10.1. The first kappa shape index (κ1) is 19.2. The van der Waals surface area contributed by atoms with E-state index >= 15 is 0 Å². The van der Waals surface area contributed by atoms with E-state index in [-0.39, 0.29) is 12.2 Å². The lowest BCUT2D eigenvalue weighted by Crippen LogP contribution is -2.38. The van der Waals surface area contributed by atoms with E-state index in [1.165, 1.54) is 0 Å². The number of rotatable bonds is 6. The van der Waals surface area contributed by atoms with Crippen molar-refractivity contribution in [1.29, 1.82) is 0 Å². The van der Waals surface area contributed by atoms with Crippen LogP contribution in [0.5, 0.6) is 0 Å². The molecule has 0 spiro atoms. The van der Waals surface area contributed by atoms with Crippen LogP contribution in [0.2, 0.25) is 49.3 Å². The zero-order valence-electron chi connectivity index (χ0n) is 14.0. The van der Waals surface area contributed by atoms with Gasteiger partial charge in [0.15, 0.2) is 16.6 Å². The first-order valence-electron chi connectivity index (χ1n) is 7.20. The molecule has 1 aromatic rings. The summed E-state index contributed by atoms with van der Waals surface area (Å²) in [6.45, 7) is 15.1. The van der Waals surface area contributed by atoms with Crippen molar-refractivity contribution in [3.05, 3.63) is 33.8 Å². The Balaban J connectivity index is 3.12. The molecule has 0 bridgehead atoms. The van der Waals surface area contributed by atoms with Crippen LogP contribution in [0.3, 0.4) is 0 Å². The van der Waals surface area contributed by atoms with E-state index in [0.717, 1.165) is 5.56 Å². The minimum atomic E-state index is -1.73. The molecule has 0 radical (unpaired) electrons.